The fraction of sp³-hybridized carbons (Fsp3) is 1.00. The van der Waals surface area contributed by atoms with Crippen molar-refractivity contribution in [1.29, 1.82) is 0 Å². The van der Waals surface area contributed by atoms with Gasteiger partial charge in [-0.3, -0.25) is 9.05 Å². The van der Waals surface area contributed by atoms with Crippen molar-refractivity contribution in [3.63, 3.8) is 0 Å². The number of rotatable bonds is 10. The van der Waals surface area contributed by atoms with Crippen LogP contribution in [0.3, 0.4) is 0 Å². The largest absolute Gasteiger partial charge is 0.394 e. The van der Waals surface area contributed by atoms with Gasteiger partial charge in [0.2, 0.25) is 0 Å². The van der Waals surface area contributed by atoms with Crippen molar-refractivity contribution in [3.8, 4) is 0 Å². The van der Waals surface area contributed by atoms with Crippen molar-refractivity contribution in [2.24, 2.45) is 0 Å². The highest BCUT2D eigenvalue weighted by Gasteiger charge is 2.39. The van der Waals surface area contributed by atoms with Gasteiger partial charge < -0.3 is 24.2 Å². The third-order valence-electron chi connectivity index (χ3n) is 4.18. The van der Waals surface area contributed by atoms with Crippen molar-refractivity contribution < 1.29 is 37.8 Å². The number of hydrogen-bond acceptors (Lipinski definition) is 8. The zero-order valence-electron chi connectivity index (χ0n) is 15.2. The fourth-order valence-corrected chi connectivity index (χ4v) is 6.36. The SMILES string of the molecule is C[N+](C)(C)CCS[P@@](=O)(OC[C@H]1OCC[C@H]1O)O[C@@H]1CCO[C@@H]1CO. The highest BCUT2D eigenvalue weighted by molar-refractivity contribution is 8.55. The standard InChI is InChI=1S/C15H31NO7PS/c1-16(2,3)6-9-25-24(19,22-11-15-12(18)4-7-21-15)23-13-5-8-20-14(13)10-17/h12-15,17-18H,4-11H2,1-3H3/q+1/t12-,13-,14-,15-,24+/m1/s1. The predicted octanol–water partition coefficient (Wildman–Crippen LogP) is 0.867. The molecule has 2 rings (SSSR count). The second-order valence-electron chi connectivity index (χ2n) is 7.38. The van der Waals surface area contributed by atoms with Crippen LogP contribution in [0.1, 0.15) is 12.8 Å². The Bertz CT molecular complexity index is 462. The normalized spacial score (nSPS) is 32.8. The van der Waals surface area contributed by atoms with E-state index in [-0.39, 0.29) is 13.2 Å². The Labute approximate surface area is 153 Å². The molecule has 0 radical (unpaired) electrons. The molecular weight excluding hydrogens is 369 g/mol. The first kappa shape index (κ1) is 21.6. The van der Waals surface area contributed by atoms with E-state index >= 15 is 0 Å². The van der Waals surface area contributed by atoms with Gasteiger partial charge in [-0.05, 0) is 17.8 Å². The van der Waals surface area contributed by atoms with Gasteiger partial charge in [-0.15, -0.1) is 0 Å². The molecule has 2 saturated heterocycles. The van der Waals surface area contributed by atoms with Crippen LogP contribution in [-0.4, -0.2) is 99.0 Å². The van der Waals surface area contributed by atoms with Crippen molar-refractivity contribution in [1.82, 2.24) is 0 Å². The average Bonchev–Trinajstić information content (AvgIpc) is 3.12. The van der Waals surface area contributed by atoms with Crippen LogP contribution in [0, 0.1) is 0 Å². The van der Waals surface area contributed by atoms with Gasteiger partial charge in [-0.2, -0.15) is 0 Å². The topological polar surface area (TPSA) is 94.5 Å². The van der Waals surface area contributed by atoms with Gasteiger partial charge in [0, 0.05) is 19.6 Å². The molecule has 10 heteroatoms. The van der Waals surface area contributed by atoms with Crippen molar-refractivity contribution in [2.75, 3.05) is 59.9 Å². The van der Waals surface area contributed by atoms with E-state index in [1.807, 2.05) is 0 Å². The molecule has 2 heterocycles. The lowest BCUT2D eigenvalue weighted by molar-refractivity contribution is -0.867. The van der Waals surface area contributed by atoms with Crippen LogP contribution in [0.4, 0.5) is 0 Å². The predicted molar refractivity (Wildman–Crippen MR) is 95.6 cm³/mol. The van der Waals surface area contributed by atoms with Gasteiger partial charge in [0.05, 0.1) is 58.9 Å². The van der Waals surface area contributed by atoms with Gasteiger partial charge in [0.15, 0.2) is 0 Å². The second-order valence-corrected chi connectivity index (χ2v) is 11.5. The summed E-state index contributed by atoms with van der Waals surface area (Å²) in [5.41, 5.74) is 0. The van der Waals surface area contributed by atoms with Crippen molar-refractivity contribution in [2.45, 2.75) is 37.3 Å². The Morgan fingerprint density at radius 2 is 1.88 bits per heavy atom. The first-order valence-corrected chi connectivity index (χ1v) is 11.8. The summed E-state index contributed by atoms with van der Waals surface area (Å²) in [5, 5.41) is 19.2. The molecule has 0 aromatic carbocycles. The van der Waals surface area contributed by atoms with Crippen molar-refractivity contribution >= 4 is 18.2 Å². The molecule has 5 atom stereocenters. The molecule has 2 aliphatic rings. The highest BCUT2D eigenvalue weighted by Crippen LogP contribution is 2.62. The quantitative estimate of drug-likeness (QED) is 0.412. The van der Waals surface area contributed by atoms with Gasteiger partial charge in [0.1, 0.15) is 12.2 Å². The Morgan fingerprint density at radius 3 is 2.48 bits per heavy atom. The van der Waals surface area contributed by atoms with Crippen LogP contribution < -0.4 is 0 Å². The van der Waals surface area contributed by atoms with Crippen LogP contribution >= 0.6 is 18.2 Å². The Balaban J connectivity index is 1.95. The van der Waals surface area contributed by atoms with Crippen LogP contribution in [0.15, 0.2) is 0 Å². The number of aliphatic hydroxyl groups is 2. The van der Waals surface area contributed by atoms with Crippen LogP contribution in [0.2, 0.25) is 0 Å². The van der Waals surface area contributed by atoms with E-state index in [4.69, 9.17) is 18.5 Å². The summed E-state index contributed by atoms with van der Waals surface area (Å²) in [4.78, 5) is 0. The lowest BCUT2D eigenvalue weighted by atomic mass is 10.2. The number of hydrogen-bond donors (Lipinski definition) is 2. The van der Waals surface area contributed by atoms with Gasteiger partial charge in [-0.1, -0.05) is 0 Å². The molecule has 8 nitrogen and oxygen atoms in total. The van der Waals surface area contributed by atoms with E-state index < -0.39 is 31.2 Å². The van der Waals surface area contributed by atoms with Gasteiger partial charge >= 0.3 is 6.80 Å². The molecule has 0 amide bonds. The summed E-state index contributed by atoms with van der Waals surface area (Å²) in [6.07, 6.45) is -0.909. The van der Waals surface area contributed by atoms with E-state index in [2.05, 4.69) is 21.1 Å². The van der Waals surface area contributed by atoms with Crippen LogP contribution in [-0.2, 0) is 23.1 Å². The lowest BCUT2D eigenvalue weighted by Crippen LogP contribution is -2.36. The highest BCUT2D eigenvalue weighted by atomic mass is 32.7. The summed E-state index contributed by atoms with van der Waals surface area (Å²) < 4.78 is 36.1. The molecular formula is C15H31NO7PS+. The number of aliphatic hydroxyl groups excluding tert-OH is 2. The molecule has 0 aliphatic carbocycles. The minimum Gasteiger partial charge on any atom is -0.394 e. The fourth-order valence-electron chi connectivity index (χ4n) is 2.57. The molecule has 2 aliphatic heterocycles. The molecule has 0 aromatic heterocycles. The van der Waals surface area contributed by atoms with E-state index in [1.54, 1.807) is 0 Å². The summed E-state index contributed by atoms with van der Waals surface area (Å²) >= 11 is 1.16. The maximum Gasteiger partial charge on any atom is 0.389 e. The van der Waals surface area contributed by atoms with E-state index in [0.717, 1.165) is 22.4 Å². The van der Waals surface area contributed by atoms with Gasteiger partial charge in [0.25, 0.3) is 0 Å². The Hall–Kier alpha value is 0.300. The van der Waals surface area contributed by atoms with Crippen LogP contribution in [0.25, 0.3) is 0 Å². The van der Waals surface area contributed by atoms with Crippen LogP contribution in [0.5, 0.6) is 0 Å². The van der Waals surface area contributed by atoms with Crippen molar-refractivity contribution in [3.05, 3.63) is 0 Å². The third kappa shape index (κ3) is 7.08. The molecule has 2 fully saturated rings. The zero-order chi connectivity index (χ0) is 18.5. The summed E-state index contributed by atoms with van der Waals surface area (Å²) in [6, 6.07) is 0. The van der Waals surface area contributed by atoms with E-state index in [1.165, 1.54) is 0 Å². The second kappa shape index (κ2) is 9.48. The average molecular weight is 400 g/mol. The maximum absolute atomic E-state index is 13.2. The molecule has 0 saturated carbocycles. The minimum atomic E-state index is -3.46. The zero-order valence-corrected chi connectivity index (χ0v) is 16.9. The molecule has 0 bridgehead atoms. The Morgan fingerprint density at radius 1 is 1.20 bits per heavy atom. The van der Waals surface area contributed by atoms with E-state index in [0.29, 0.717) is 31.8 Å². The summed E-state index contributed by atoms with van der Waals surface area (Å²) in [7, 11) is 6.17. The maximum atomic E-state index is 13.2. The van der Waals surface area contributed by atoms with Gasteiger partial charge in [-0.25, -0.2) is 4.57 Å². The molecule has 2 N–H and O–H groups in total. The Kier molecular flexibility index (Phi) is 8.19. The molecule has 0 unspecified atom stereocenters. The third-order valence-corrected chi connectivity index (χ3v) is 7.92. The van der Waals surface area contributed by atoms with E-state index in [9.17, 15) is 14.8 Å². The molecule has 0 aromatic rings. The summed E-state index contributed by atoms with van der Waals surface area (Å²) in [6.45, 7) is -1.89. The minimum absolute atomic E-state index is 0.0210. The summed E-state index contributed by atoms with van der Waals surface area (Å²) in [5.74, 6) is 0.603. The lowest BCUT2D eigenvalue weighted by Gasteiger charge is -2.27. The first-order valence-electron chi connectivity index (χ1n) is 8.62. The molecule has 0 spiro atoms. The first-order chi connectivity index (χ1) is 11.7. The number of ether oxygens (including phenoxy) is 2. The molecule has 148 valence electrons. The monoisotopic (exact) mass is 400 g/mol. The molecule has 25 heavy (non-hydrogen) atoms. The number of quaternary nitrogens is 1. The number of nitrogens with zero attached hydrogens (tertiary/aromatic N) is 1. The smallest absolute Gasteiger partial charge is 0.389 e.